The molecule has 1 aliphatic heterocycles. The van der Waals surface area contributed by atoms with E-state index in [1.807, 2.05) is 0 Å². The Kier molecular flexibility index (Phi) is 5.66. The van der Waals surface area contributed by atoms with Gasteiger partial charge in [-0.3, -0.25) is 9.69 Å². The predicted octanol–water partition coefficient (Wildman–Crippen LogP) is 2.62. The second-order valence-corrected chi connectivity index (χ2v) is 5.80. The SMILES string of the molecule is CCCN(CC(=O)Nc1cc(Cl)ccc1Cl)C1CNC1. The first-order valence-corrected chi connectivity index (χ1v) is 7.55. The van der Waals surface area contributed by atoms with Crippen LogP contribution in [0.15, 0.2) is 18.2 Å². The van der Waals surface area contributed by atoms with Gasteiger partial charge in [-0.1, -0.05) is 30.1 Å². The van der Waals surface area contributed by atoms with Gasteiger partial charge in [0.2, 0.25) is 5.91 Å². The first-order valence-electron chi connectivity index (χ1n) is 6.80. The maximum absolute atomic E-state index is 12.1. The van der Waals surface area contributed by atoms with E-state index in [2.05, 4.69) is 22.5 Å². The lowest BCUT2D eigenvalue weighted by Crippen LogP contribution is -2.58. The van der Waals surface area contributed by atoms with Crippen LogP contribution in [-0.4, -0.2) is 43.0 Å². The van der Waals surface area contributed by atoms with Crippen LogP contribution in [0.25, 0.3) is 0 Å². The molecule has 6 heteroatoms. The zero-order chi connectivity index (χ0) is 14.5. The third-order valence-electron chi connectivity index (χ3n) is 3.34. The molecule has 1 aromatic rings. The minimum atomic E-state index is -0.0606. The van der Waals surface area contributed by atoms with Crippen LogP contribution < -0.4 is 10.6 Å². The number of nitrogens with zero attached hydrogens (tertiary/aromatic N) is 1. The van der Waals surface area contributed by atoms with E-state index in [1.54, 1.807) is 18.2 Å². The van der Waals surface area contributed by atoms with E-state index in [4.69, 9.17) is 23.2 Å². The van der Waals surface area contributed by atoms with Gasteiger partial charge in [0.15, 0.2) is 0 Å². The molecule has 2 rings (SSSR count). The summed E-state index contributed by atoms with van der Waals surface area (Å²) in [5.74, 6) is -0.0606. The number of rotatable bonds is 6. The van der Waals surface area contributed by atoms with Crippen LogP contribution in [0.5, 0.6) is 0 Å². The van der Waals surface area contributed by atoms with Gasteiger partial charge in [0, 0.05) is 24.2 Å². The summed E-state index contributed by atoms with van der Waals surface area (Å²) in [7, 11) is 0. The second kappa shape index (κ2) is 7.27. The van der Waals surface area contributed by atoms with Crippen LogP contribution in [0.1, 0.15) is 13.3 Å². The number of carbonyl (C=O) groups is 1. The molecule has 0 unspecified atom stereocenters. The topological polar surface area (TPSA) is 44.4 Å². The van der Waals surface area contributed by atoms with Crippen LogP contribution >= 0.6 is 23.2 Å². The fourth-order valence-corrected chi connectivity index (χ4v) is 2.51. The molecular formula is C14H19Cl2N3O. The van der Waals surface area contributed by atoms with E-state index in [9.17, 15) is 4.79 Å². The van der Waals surface area contributed by atoms with Crippen LogP contribution in [0.4, 0.5) is 5.69 Å². The number of nitrogens with one attached hydrogen (secondary N) is 2. The van der Waals surface area contributed by atoms with E-state index in [0.717, 1.165) is 26.1 Å². The lowest BCUT2D eigenvalue weighted by Gasteiger charge is -2.37. The van der Waals surface area contributed by atoms with E-state index < -0.39 is 0 Å². The molecule has 0 radical (unpaired) electrons. The van der Waals surface area contributed by atoms with Gasteiger partial charge >= 0.3 is 0 Å². The molecule has 0 saturated carbocycles. The second-order valence-electron chi connectivity index (χ2n) is 4.95. The summed E-state index contributed by atoms with van der Waals surface area (Å²) in [6, 6.07) is 5.49. The molecule has 1 amide bonds. The van der Waals surface area contributed by atoms with Crippen molar-refractivity contribution in [3.63, 3.8) is 0 Å². The fourth-order valence-electron chi connectivity index (χ4n) is 2.18. The predicted molar refractivity (Wildman–Crippen MR) is 83.6 cm³/mol. The zero-order valence-corrected chi connectivity index (χ0v) is 13.0. The van der Waals surface area contributed by atoms with Crippen molar-refractivity contribution in [3.05, 3.63) is 28.2 Å². The van der Waals surface area contributed by atoms with Crippen molar-refractivity contribution >= 4 is 34.8 Å². The average Bonchev–Trinajstić information content (AvgIpc) is 2.32. The van der Waals surface area contributed by atoms with Gasteiger partial charge in [0.05, 0.1) is 17.3 Å². The standard InChI is InChI=1S/C14H19Cl2N3O/c1-2-5-19(11-7-17-8-11)9-14(20)18-13-6-10(15)3-4-12(13)16/h3-4,6,11,17H,2,5,7-9H2,1H3,(H,18,20). The summed E-state index contributed by atoms with van der Waals surface area (Å²) in [4.78, 5) is 14.3. The summed E-state index contributed by atoms with van der Waals surface area (Å²) in [6.07, 6.45) is 1.03. The Hall–Kier alpha value is -0.810. The molecule has 1 saturated heterocycles. The molecule has 2 N–H and O–H groups in total. The largest absolute Gasteiger partial charge is 0.324 e. The molecule has 110 valence electrons. The molecule has 0 aromatic heterocycles. The molecule has 4 nitrogen and oxygen atoms in total. The molecule has 0 aliphatic carbocycles. The van der Waals surface area contributed by atoms with Gasteiger partial charge in [-0.15, -0.1) is 0 Å². The summed E-state index contributed by atoms with van der Waals surface area (Å²) in [5.41, 5.74) is 0.562. The Morgan fingerprint density at radius 2 is 2.20 bits per heavy atom. The highest BCUT2D eigenvalue weighted by atomic mass is 35.5. The normalized spacial score (nSPS) is 15.2. The Morgan fingerprint density at radius 3 is 2.80 bits per heavy atom. The molecule has 1 heterocycles. The maximum atomic E-state index is 12.1. The van der Waals surface area contributed by atoms with Crippen molar-refractivity contribution < 1.29 is 4.79 Å². The third-order valence-corrected chi connectivity index (χ3v) is 3.90. The third kappa shape index (κ3) is 4.09. The smallest absolute Gasteiger partial charge is 0.238 e. The van der Waals surface area contributed by atoms with Crippen molar-refractivity contribution in [1.29, 1.82) is 0 Å². The lowest BCUT2D eigenvalue weighted by atomic mass is 10.1. The van der Waals surface area contributed by atoms with E-state index in [0.29, 0.717) is 28.3 Å². The minimum absolute atomic E-state index is 0.0606. The molecule has 1 fully saturated rings. The van der Waals surface area contributed by atoms with Gasteiger partial charge in [-0.2, -0.15) is 0 Å². The molecular weight excluding hydrogens is 297 g/mol. The quantitative estimate of drug-likeness (QED) is 0.848. The number of anilines is 1. The molecule has 0 spiro atoms. The van der Waals surface area contributed by atoms with Gasteiger partial charge in [-0.25, -0.2) is 0 Å². The van der Waals surface area contributed by atoms with Crippen LogP contribution in [0, 0.1) is 0 Å². The zero-order valence-electron chi connectivity index (χ0n) is 11.5. The van der Waals surface area contributed by atoms with Gasteiger partial charge in [0.25, 0.3) is 0 Å². The van der Waals surface area contributed by atoms with Crippen molar-refractivity contribution in [3.8, 4) is 0 Å². The van der Waals surface area contributed by atoms with Crippen LogP contribution in [0.3, 0.4) is 0 Å². The average molecular weight is 316 g/mol. The number of hydrogen-bond acceptors (Lipinski definition) is 3. The number of hydrogen-bond donors (Lipinski definition) is 2. The molecule has 20 heavy (non-hydrogen) atoms. The molecule has 1 aliphatic rings. The number of halogens is 2. The highest BCUT2D eigenvalue weighted by Crippen LogP contribution is 2.25. The number of amides is 1. The summed E-state index contributed by atoms with van der Waals surface area (Å²) < 4.78 is 0. The molecule has 1 aromatic carbocycles. The van der Waals surface area contributed by atoms with Crippen molar-refractivity contribution in [2.75, 3.05) is 31.5 Å². The Labute approximate surface area is 129 Å². The van der Waals surface area contributed by atoms with Crippen molar-refractivity contribution in [2.45, 2.75) is 19.4 Å². The van der Waals surface area contributed by atoms with Crippen LogP contribution in [0.2, 0.25) is 10.0 Å². The summed E-state index contributed by atoms with van der Waals surface area (Å²) >= 11 is 12.0. The minimum Gasteiger partial charge on any atom is -0.324 e. The van der Waals surface area contributed by atoms with Crippen LogP contribution in [-0.2, 0) is 4.79 Å². The highest BCUT2D eigenvalue weighted by Gasteiger charge is 2.25. The highest BCUT2D eigenvalue weighted by molar-refractivity contribution is 6.35. The summed E-state index contributed by atoms with van der Waals surface area (Å²) in [5, 5.41) is 7.10. The first kappa shape index (κ1) is 15.6. The van der Waals surface area contributed by atoms with Gasteiger partial charge in [-0.05, 0) is 31.2 Å². The van der Waals surface area contributed by atoms with E-state index in [1.165, 1.54) is 0 Å². The van der Waals surface area contributed by atoms with Crippen molar-refractivity contribution in [2.24, 2.45) is 0 Å². The van der Waals surface area contributed by atoms with Crippen molar-refractivity contribution in [1.82, 2.24) is 10.2 Å². The Morgan fingerprint density at radius 1 is 1.45 bits per heavy atom. The van der Waals surface area contributed by atoms with E-state index in [-0.39, 0.29) is 5.91 Å². The van der Waals surface area contributed by atoms with E-state index >= 15 is 0 Å². The maximum Gasteiger partial charge on any atom is 0.238 e. The monoisotopic (exact) mass is 315 g/mol. The van der Waals surface area contributed by atoms with Gasteiger partial charge in [0.1, 0.15) is 0 Å². The molecule has 0 atom stereocenters. The number of benzene rings is 1. The lowest BCUT2D eigenvalue weighted by molar-refractivity contribution is -0.118. The summed E-state index contributed by atoms with van der Waals surface area (Å²) in [6.45, 7) is 5.31. The fraction of sp³-hybridized carbons (Fsp3) is 0.500. The first-order chi connectivity index (χ1) is 9.60. The molecule has 0 bridgehead atoms. The van der Waals surface area contributed by atoms with Gasteiger partial charge < -0.3 is 10.6 Å². The Balaban J connectivity index is 1.94. The number of carbonyl (C=O) groups excluding carboxylic acids is 1. The Bertz CT molecular complexity index is 477.